The summed E-state index contributed by atoms with van der Waals surface area (Å²) in [6, 6.07) is 13.7. The van der Waals surface area contributed by atoms with E-state index in [9.17, 15) is 4.79 Å². The molecule has 1 amide bonds. The smallest absolute Gasteiger partial charge is 0.237 e. The first-order chi connectivity index (χ1) is 11.0. The summed E-state index contributed by atoms with van der Waals surface area (Å²) in [6.07, 6.45) is 0. The van der Waals surface area contributed by atoms with E-state index in [1.807, 2.05) is 56.3 Å². The zero-order valence-electron chi connectivity index (χ0n) is 12.8. The molecule has 0 saturated heterocycles. The van der Waals surface area contributed by atoms with E-state index in [0.717, 1.165) is 31.9 Å². The Morgan fingerprint density at radius 3 is 2.83 bits per heavy atom. The molecule has 0 spiro atoms. The largest absolute Gasteiger partial charge is 0.333 e. The number of para-hydroxylation sites is 2. The minimum Gasteiger partial charge on any atom is -0.333 e. The van der Waals surface area contributed by atoms with Crippen LogP contribution in [0.15, 0.2) is 52.1 Å². The molecular formula is C17H16BrN3OS. The normalized spacial score (nSPS) is 12.3. The van der Waals surface area contributed by atoms with Crippen molar-refractivity contribution in [1.82, 2.24) is 9.97 Å². The van der Waals surface area contributed by atoms with E-state index in [2.05, 4.69) is 31.2 Å². The van der Waals surface area contributed by atoms with Crippen molar-refractivity contribution in [1.29, 1.82) is 0 Å². The number of thioether (sulfide) groups is 1. The maximum Gasteiger partial charge on any atom is 0.237 e. The van der Waals surface area contributed by atoms with E-state index in [1.54, 1.807) is 0 Å². The average Bonchev–Trinajstić information content (AvgIpc) is 2.92. The van der Waals surface area contributed by atoms with E-state index in [0.29, 0.717) is 0 Å². The molecule has 0 radical (unpaired) electrons. The predicted molar refractivity (Wildman–Crippen MR) is 98.9 cm³/mol. The molecule has 2 aromatic carbocycles. The topological polar surface area (TPSA) is 57.8 Å². The van der Waals surface area contributed by atoms with Gasteiger partial charge in [0.15, 0.2) is 5.16 Å². The molecule has 1 unspecified atom stereocenters. The summed E-state index contributed by atoms with van der Waals surface area (Å²) in [5, 5.41) is 3.43. The molecule has 0 aliphatic rings. The van der Waals surface area contributed by atoms with Gasteiger partial charge in [-0.25, -0.2) is 4.98 Å². The van der Waals surface area contributed by atoms with Gasteiger partial charge in [0.2, 0.25) is 5.91 Å². The van der Waals surface area contributed by atoms with Gasteiger partial charge in [-0.15, -0.1) is 0 Å². The third-order valence-corrected chi connectivity index (χ3v) is 5.05. The van der Waals surface area contributed by atoms with Crippen LogP contribution in [0.5, 0.6) is 0 Å². The number of anilines is 1. The van der Waals surface area contributed by atoms with Crippen LogP contribution in [0, 0.1) is 6.92 Å². The molecule has 2 N–H and O–H groups in total. The fraction of sp³-hybridized carbons (Fsp3) is 0.176. The van der Waals surface area contributed by atoms with Gasteiger partial charge in [0.1, 0.15) is 0 Å². The molecule has 0 aliphatic carbocycles. The Hall–Kier alpha value is -1.79. The van der Waals surface area contributed by atoms with E-state index >= 15 is 0 Å². The first-order valence-corrected chi connectivity index (χ1v) is 8.88. The summed E-state index contributed by atoms with van der Waals surface area (Å²) in [7, 11) is 0. The summed E-state index contributed by atoms with van der Waals surface area (Å²) in [4.78, 5) is 20.1. The fourth-order valence-electron chi connectivity index (χ4n) is 2.16. The van der Waals surface area contributed by atoms with E-state index < -0.39 is 0 Å². The second-order valence-corrected chi connectivity index (χ2v) is 7.48. The molecule has 0 saturated carbocycles. The highest BCUT2D eigenvalue weighted by molar-refractivity contribution is 9.10. The molecule has 1 aromatic heterocycles. The van der Waals surface area contributed by atoms with Crippen LogP contribution >= 0.6 is 27.7 Å². The lowest BCUT2D eigenvalue weighted by Gasteiger charge is -2.12. The summed E-state index contributed by atoms with van der Waals surface area (Å²) in [5.74, 6) is -0.0555. The van der Waals surface area contributed by atoms with Crippen LogP contribution in [0.2, 0.25) is 0 Å². The molecule has 1 heterocycles. The monoisotopic (exact) mass is 389 g/mol. The van der Waals surface area contributed by atoms with Crippen LogP contribution in [0.1, 0.15) is 12.5 Å². The van der Waals surface area contributed by atoms with Gasteiger partial charge in [0, 0.05) is 4.47 Å². The van der Waals surface area contributed by atoms with Crippen molar-refractivity contribution in [2.45, 2.75) is 24.3 Å². The highest BCUT2D eigenvalue weighted by atomic mass is 79.9. The van der Waals surface area contributed by atoms with Crippen LogP contribution in [-0.4, -0.2) is 21.1 Å². The minimum atomic E-state index is -0.260. The molecule has 118 valence electrons. The molecule has 4 nitrogen and oxygen atoms in total. The van der Waals surface area contributed by atoms with Crippen molar-refractivity contribution >= 4 is 50.3 Å². The van der Waals surface area contributed by atoms with Crippen molar-refractivity contribution in [2.75, 3.05) is 5.32 Å². The molecular weight excluding hydrogens is 374 g/mol. The fourth-order valence-corrected chi connectivity index (χ4v) is 3.58. The summed E-state index contributed by atoms with van der Waals surface area (Å²) < 4.78 is 0.881. The van der Waals surface area contributed by atoms with E-state index in [1.165, 1.54) is 11.8 Å². The Kier molecular flexibility index (Phi) is 4.73. The van der Waals surface area contributed by atoms with Gasteiger partial charge < -0.3 is 10.3 Å². The quantitative estimate of drug-likeness (QED) is 0.632. The average molecular weight is 390 g/mol. The first kappa shape index (κ1) is 16.1. The number of rotatable bonds is 4. The number of hydrogen-bond donors (Lipinski definition) is 2. The van der Waals surface area contributed by atoms with Gasteiger partial charge >= 0.3 is 0 Å². The molecule has 3 rings (SSSR count). The van der Waals surface area contributed by atoms with Gasteiger partial charge in [0.25, 0.3) is 0 Å². The van der Waals surface area contributed by atoms with Gasteiger partial charge in [-0.3, -0.25) is 4.79 Å². The van der Waals surface area contributed by atoms with Gasteiger partial charge in [0.05, 0.1) is 22.0 Å². The summed E-state index contributed by atoms with van der Waals surface area (Å²) in [6.45, 7) is 3.88. The number of aryl methyl sites for hydroxylation is 1. The second-order valence-electron chi connectivity index (χ2n) is 5.29. The Labute approximate surface area is 147 Å². The van der Waals surface area contributed by atoms with E-state index in [4.69, 9.17) is 0 Å². The standard InChI is InChI=1S/C17H16BrN3OS/c1-10-7-8-13(12(18)9-10)19-16(22)11(2)23-17-20-14-5-3-4-6-15(14)21-17/h3-9,11H,1-2H3,(H,19,22)(H,20,21). The van der Waals surface area contributed by atoms with Crippen LogP contribution in [0.25, 0.3) is 11.0 Å². The Morgan fingerprint density at radius 2 is 2.09 bits per heavy atom. The highest BCUT2D eigenvalue weighted by Crippen LogP contribution is 2.27. The Balaban J connectivity index is 1.69. The number of carbonyl (C=O) groups excluding carboxylic acids is 1. The van der Waals surface area contributed by atoms with Gasteiger partial charge in [-0.1, -0.05) is 30.0 Å². The number of fused-ring (bicyclic) bond motifs is 1. The first-order valence-electron chi connectivity index (χ1n) is 7.21. The number of imidazole rings is 1. The van der Waals surface area contributed by atoms with E-state index in [-0.39, 0.29) is 11.2 Å². The molecule has 23 heavy (non-hydrogen) atoms. The number of halogens is 1. The maximum absolute atomic E-state index is 12.4. The zero-order valence-corrected chi connectivity index (χ0v) is 15.2. The van der Waals surface area contributed by atoms with Crippen molar-refractivity contribution in [3.05, 3.63) is 52.5 Å². The summed E-state index contributed by atoms with van der Waals surface area (Å²) in [5.41, 5.74) is 3.80. The number of nitrogens with one attached hydrogen (secondary N) is 2. The molecule has 0 aliphatic heterocycles. The third-order valence-electron chi connectivity index (χ3n) is 3.41. The minimum absolute atomic E-state index is 0.0555. The number of benzene rings is 2. The highest BCUT2D eigenvalue weighted by Gasteiger charge is 2.17. The third kappa shape index (κ3) is 3.76. The lowest BCUT2D eigenvalue weighted by Crippen LogP contribution is -2.22. The zero-order chi connectivity index (χ0) is 16.4. The molecule has 3 aromatic rings. The SMILES string of the molecule is Cc1ccc(NC(=O)C(C)Sc2nc3ccccc3[nH]2)c(Br)c1. The lowest BCUT2D eigenvalue weighted by atomic mass is 10.2. The maximum atomic E-state index is 12.4. The lowest BCUT2D eigenvalue weighted by molar-refractivity contribution is -0.115. The number of carbonyl (C=O) groups is 1. The Bertz CT molecular complexity index is 829. The molecule has 6 heteroatoms. The van der Waals surface area contributed by atoms with Crippen LogP contribution < -0.4 is 5.32 Å². The van der Waals surface area contributed by atoms with Crippen LogP contribution in [-0.2, 0) is 4.79 Å². The number of hydrogen-bond acceptors (Lipinski definition) is 3. The molecule has 0 bridgehead atoms. The van der Waals surface area contributed by atoms with Crippen molar-refractivity contribution in [3.63, 3.8) is 0 Å². The number of amides is 1. The van der Waals surface area contributed by atoms with Gasteiger partial charge in [-0.05, 0) is 59.6 Å². The Morgan fingerprint density at radius 1 is 1.30 bits per heavy atom. The number of nitrogens with zero attached hydrogens (tertiary/aromatic N) is 1. The van der Waals surface area contributed by atoms with Crippen LogP contribution in [0.3, 0.4) is 0 Å². The molecule has 0 fully saturated rings. The van der Waals surface area contributed by atoms with Crippen molar-refractivity contribution in [2.24, 2.45) is 0 Å². The predicted octanol–water partition coefficient (Wildman–Crippen LogP) is 4.75. The van der Waals surface area contributed by atoms with Crippen LogP contribution in [0.4, 0.5) is 5.69 Å². The molecule has 1 atom stereocenters. The van der Waals surface area contributed by atoms with Crippen molar-refractivity contribution < 1.29 is 4.79 Å². The summed E-state index contributed by atoms with van der Waals surface area (Å²) >= 11 is 4.89. The van der Waals surface area contributed by atoms with Crippen molar-refractivity contribution in [3.8, 4) is 0 Å². The number of H-pyrrole nitrogens is 1. The van der Waals surface area contributed by atoms with Gasteiger partial charge in [-0.2, -0.15) is 0 Å². The number of aromatic amines is 1. The second kappa shape index (κ2) is 6.76. The number of aromatic nitrogens is 2.